The highest BCUT2D eigenvalue weighted by molar-refractivity contribution is 7.07. The number of carbonyl (C=O) groups is 1. The van der Waals surface area contributed by atoms with E-state index in [1.165, 1.54) is 30.4 Å². The van der Waals surface area contributed by atoms with Crippen LogP contribution < -0.4 is 14.8 Å². The normalized spacial score (nSPS) is 12.4. The third-order valence-corrected chi connectivity index (χ3v) is 5.14. The van der Waals surface area contributed by atoms with Gasteiger partial charge in [-0.15, -0.1) is 11.3 Å². The summed E-state index contributed by atoms with van der Waals surface area (Å²) in [5.41, 5.74) is 1.23. The largest absolute Gasteiger partial charge is 0.313 e. The molecule has 0 radical (unpaired) electrons. The number of thiazole rings is 1. The van der Waals surface area contributed by atoms with E-state index in [1.807, 2.05) is 19.1 Å². The van der Waals surface area contributed by atoms with Gasteiger partial charge >= 0.3 is 0 Å². The molecule has 136 valence electrons. The molecular weight excluding hydrogens is 388 g/mol. The van der Waals surface area contributed by atoms with Crippen molar-refractivity contribution >= 4 is 46.6 Å². The number of H-pyrrole nitrogens is 1. The van der Waals surface area contributed by atoms with Gasteiger partial charge in [0, 0.05) is 34.4 Å². The van der Waals surface area contributed by atoms with Crippen LogP contribution in [-0.2, 0) is 0 Å². The van der Waals surface area contributed by atoms with Crippen LogP contribution in [0.5, 0.6) is 0 Å². The molecule has 0 saturated carbocycles. The summed E-state index contributed by atoms with van der Waals surface area (Å²) in [7, 11) is 0. The fourth-order valence-electron chi connectivity index (χ4n) is 2.47. The summed E-state index contributed by atoms with van der Waals surface area (Å²) in [6, 6.07) is 11.2. The van der Waals surface area contributed by atoms with Gasteiger partial charge in [-0.05, 0) is 24.6 Å². The Hall–Kier alpha value is -3.03. The molecule has 0 unspecified atom stereocenters. The van der Waals surface area contributed by atoms with E-state index in [1.54, 1.807) is 12.1 Å². The zero-order chi connectivity index (χ0) is 19.6. The van der Waals surface area contributed by atoms with Crippen molar-refractivity contribution in [1.29, 1.82) is 0 Å². The number of aromatic amines is 1. The molecule has 27 heavy (non-hydrogen) atoms. The van der Waals surface area contributed by atoms with E-state index in [9.17, 15) is 19.7 Å². The Labute approximate surface area is 162 Å². The Bertz CT molecular complexity index is 1230. The van der Waals surface area contributed by atoms with Crippen molar-refractivity contribution in [2.75, 3.05) is 0 Å². The number of ketones is 1. The van der Waals surface area contributed by atoms with Crippen LogP contribution in [0.4, 0.5) is 5.69 Å². The first-order valence-corrected chi connectivity index (χ1v) is 9.01. The second-order valence-electron chi connectivity index (χ2n) is 5.72. The summed E-state index contributed by atoms with van der Waals surface area (Å²) in [6.45, 7) is 1.84. The quantitative estimate of drug-likeness (QED) is 0.414. The highest BCUT2D eigenvalue weighted by Crippen LogP contribution is 2.22. The fraction of sp³-hybridized carbons (Fsp3) is 0.0526. The van der Waals surface area contributed by atoms with Crippen molar-refractivity contribution < 1.29 is 9.72 Å². The molecule has 0 spiro atoms. The summed E-state index contributed by atoms with van der Waals surface area (Å²) in [5.74, 6) is -0.217. The van der Waals surface area contributed by atoms with E-state index in [0.29, 0.717) is 20.3 Å². The molecule has 0 aliphatic carbocycles. The van der Waals surface area contributed by atoms with Crippen molar-refractivity contribution in [2.24, 2.45) is 0 Å². The number of halogens is 1. The lowest BCUT2D eigenvalue weighted by Crippen LogP contribution is -2.20. The van der Waals surface area contributed by atoms with Crippen LogP contribution in [0.2, 0.25) is 5.02 Å². The number of hydrogen-bond acceptors (Lipinski definition) is 5. The maximum atomic E-state index is 12.4. The summed E-state index contributed by atoms with van der Waals surface area (Å²) in [6.07, 6.45) is 2.83. The van der Waals surface area contributed by atoms with Gasteiger partial charge in [-0.2, -0.15) is 0 Å². The smallest absolute Gasteiger partial charge is 0.270 e. The van der Waals surface area contributed by atoms with E-state index >= 15 is 0 Å². The Kier molecular flexibility index (Phi) is 5.34. The lowest BCUT2D eigenvalue weighted by Gasteiger charge is -1.99. The molecule has 6 nitrogen and oxygen atoms in total. The number of aryl methyl sites for hydroxylation is 1. The van der Waals surface area contributed by atoms with Gasteiger partial charge in [0.2, 0.25) is 0 Å². The van der Waals surface area contributed by atoms with E-state index in [4.69, 9.17) is 11.6 Å². The van der Waals surface area contributed by atoms with Gasteiger partial charge in [0.05, 0.1) is 14.1 Å². The van der Waals surface area contributed by atoms with Crippen LogP contribution >= 0.6 is 22.9 Å². The van der Waals surface area contributed by atoms with Crippen LogP contribution in [0.1, 0.15) is 21.5 Å². The zero-order valence-corrected chi connectivity index (χ0v) is 15.6. The minimum atomic E-state index is -0.535. The number of nitrogens with one attached hydrogen (secondary N) is 1. The number of nitrogens with zero attached hydrogens (tertiary/aromatic N) is 1. The number of Topliss-reactive ketones (excluding diaryl/α,β-unsaturated/α-hetero) is 1. The lowest BCUT2D eigenvalue weighted by molar-refractivity contribution is -0.384. The third-order valence-electron chi connectivity index (χ3n) is 3.83. The molecule has 2 aromatic carbocycles. The summed E-state index contributed by atoms with van der Waals surface area (Å²) >= 11 is 7.15. The van der Waals surface area contributed by atoms with Crippen molar-refractivity contribution in [1.82, 2.24) is 4.98 Å². The first-order chi connectivity index (χ1) is 12.8. The number of benzene rings is 2. The minimum absolute atomic E-state index is 0.125. The van der Waals surface area contributed by atoms with E-state index < -0.39 is 10.5 Å². The maximum absolute atomic E-state index is 12.4. The first-order valence-electron chi connectivity index (χ1n) is 7.81. The van der Waals surface area contributed by atoms with Gasteiger partial charge < -0.3 is 4.98 Å². The average Bonchev–Trinajstić information content (AvgIpc) is 2.96. The molecule has 1 N–H and O–H groups in total. The van der Waals surface area contributed by atoms with Crippen LogP contribution in [0.3, 0.4) is 0 Å². The Morgan fingerprint density at radius 2 is 2.00 bits per heavy atom. The molecule has 8 heteroatoms. The average molecular weight is 401 g/mol. The van der Waals surface area contributed by atoms with Crippen LogP contribution in [0.25, 0.3) is 12.2 Å². The number of nitro benzene ring substituents is 1. The highest BCUT2D eigenvalue weighted by Gasteiger charge is 2.09. The van der Waals surface area contributed by atoms with Gasteiger partial charge in [0.1, 0.15) is 0 Å². The number of hydrogen-bond donors (Lipinski definition) is 1. The molecule has 0 aliphatic rings. The molecule has 0 atom stereocenters. The Morgan fingerprint density at radius 3 is 2.70 bits per heavy atom. The molecule has 0 saturated heterocycles. The Balaban J connectivity index is 2.05. The molecule has 0 amide bonds. The summed E-state index contributed by atoms with van der Waals surface area (Å²) in [5, 5.41) is 11.2. The molecule has 0 fully saturated rings. The van der Waals surface area contributed by atoms with E-state index in [-0.39, 0.29) is 16.5 Å². The number of carbonyl (C=O) groups excluding carboxylic acids is 1. The van der Waals surface area contributed by atoms with Crippen molar-refractivity contribution in [2.45, 2.75) is 6.92 Å². The van der Waals surface area contributed by atoms with Gasteiger partial charge in [0.25, 0.3) is 11.2 Å². The predicted octanol–water partition coefficient (Wildman–Crippen LogP) is 2.80. The summed E-state index contributed by atoms with van der Waals surface area (Å²) < 4.78 is 0.683. The van der Waals surface area contributed by atoms with E-state index in [0.717, 1.165) is 16.9 Å². The number of rotatable bonds is 4. The summed E-state index contributed by atoms with van der Waals surface area (Å²) in [4.78, 5) is 37.6. The van der Waals surface area contributed by atoms with Crippen molar-refractivity contribution in [3.63, 3.8) is 0 Å². The van der Waals surface area contributed by atoms with Gasteiger partial charge in [-0.3, -0.25) is 19.7 Å². The zero-order valence-electron chi connectivity index (χ0n) is 14.1. The fourth-order valence-corrected chi connectivity index (χ4v) is 3.52. The van der Waals surface area contributed by atoms with Crippen LogP contribution in [-0.4, -0.2) is 15.7 Å². The van der Waals surface area contributed by atoms with Gasteiger partial charge in [0.15, 0.2) is 5.78 Å². The Morgan fingerprint density at radius 1 is 1.26 bits per heavy atom. The van der Waals surface area contributed by atoms with Gasteiger partial charge in [-0.1, -0.05) is 35.9 Å². The lowest BCUT2D eigenvalue weighted by atomic mass is 10.1. The topological polar surface area (TPSA) is 93.1 Å². The van der Waals surface area contributed by atoms with Crippen molar-refractivity contribution in [3.05, 3.63) is 93.8 Å². The molecule has 1 aromatic heterocycles. The van der Waals surface area contributed by atoms with Gasteiger partial charge in [-0.25, -0.2) is 0 Å². The van der Waals surface area contributed by atoms with Crippen LogP contribution in [0.15, 0.2) is 47.3 Å². The predicted molar refractivity (Wildman–Crippen MR) is 106 cm³/mol. The highest BCUT2D eigenvalue weighted by atomic mass is 35.5. The number of nitro groups is 1. The first kappa shape index (κ1) is 18.8. The third kappa shape index (κ3) is 4.21. The molecule has 0 bridgehead atoms. The molecule has 0 aliphatic heterocycles. The second kappa shape index (κ2) is 7.69. The SMILES string of the molecule is Cc1ccccc1C(=O)C=c1[nH]c(=O)c(=Cc2cc([N+](=O)[O-])ccc2Cl)s1. The van der Waals surface area contributed by atoms with E-state index in [2.05, 4.69) is 4.98 Å². The number of non-ortho nitro benzene ring substituents is 1. The minimum Gasteiger partial charge on any atom is -0.313 e. The molecule has 3 aromatic rings. The standard InChI is InChI=1S/C19H13ClN2O4S/c1-11-4-2-3-5-14(11)16(23)10-18-21-19(24)17(27-18)9-12-8-13(22(25)26)6-7-15(12)20/h2-10H,1H3,(H,21,24). The second-order valence-corrected chi connectivity index (χ2v) is 7.21. The molecule has 3 rings (SSSR count). The number of aromatic nitrogens is 1. The molecule has 1 heterocycles. The molecular formula is C19H13ClN2O4S. The van der Waals surface area contributed by atoms with Crippen LogP contribution in [0, 0.1) is 17.0 Å². The monoisotopic (exact) mass is 400 g/mol. The van der Waals surface area contributed by atoms with Crippen molar-refractivity contribution in [3.8, 4) is 0 Å². The maximum Gasteiger partial charge on any atom is 0.270 e.